The number of ether oxygens (including phenoxy) is 3. The molecule has 35 heavy (non-hydrogen) atoms. The molecule has 192 valence electrons. The number of aromatic nitrogens is 1. The fourth-order valence-electron chi connectivity index (χ4n) is 3.57. The van der Waals surface area contributed by atoms with E-state index in [4.69, 9.17) is 14.2 Å². The molecule has 2 aliphatic rings. The molecule has 1 saturated carbocycles. The number of esters is 1. The molecule has 1 aliphatic heterocycles. The van der Waals surface area contributed by atoms with Crippen molar-refractivity contribution < 1.29 is 28.9 Å². The Labute approximate surface area is 208 Å². The van der Waals surface area contributed by atoms with Crippen LogP contribution in [-0.2, 0) is 14.3 Å². The van der Waals surface area contributed by atoms with Crippen molar-refractivity contribution in [2.24, 2.45) is 5.92 Å². The van der Waals surface area contributed by atoms with Gasteiger partial charge in [0.1, 0.15) is 12.1 Å². The second-order valence-corrected chi connectivity index (χ2v) is 8.90. The first kappa shape index (κ1) is 28.1. The molecular weight excluding hydrogens is 448 g/mol. The molecular formula is C27H38N2O6. The molecule has 0 spiro atoms. The lowest BCUT2D eigenvalue weighted by Crippen LogP contribution is -2.42. The van der Waals surface area contributed by atoms with Gasteiger partial charge in [-0.25, -0.2) is 9.78 Å². The van der Waals surface area contributed by atoms with Gasteiger partial charge in [0.2, 0.25) is 0 Å². The smallest absolute Gasteiger partial charge is 0.328 e. The van der Waals surface area contributed by atoms with Gasteiger partial charge in [0.25, 0.3) is 5.91 Å². The average Bonchev–Trinajstić information content (AvgIpc) is 3.65. The third kappa shape index (κ3) is 9.56. The van der Waals surface area contributed by atoms with Gasteiger partial charge in [-0.05, 0) is 51.9 Å². The number of nitrogens with zero attached hydrogens (tertiary/aromatic N) is 1. The zero-order chi connectivity index (χ0) is 25.8. The average molecular weight is 487 g/mol. The second-order valence-electron chi connectivity index (χ2n) is 8.90. The number of nitrogens with one attached hydrogen (secondary N) is 1. The summed E-state index contributed by atoms with van der Waals surface area (Å²) in [5, 5.41) is 12.7. The van der Waals surface area contributed by atoms with Crippen LogP contribution in [0.2, 0.25) is 0 Å². The van der Waals surface area contributed by atoms with Crippen LogP contribution in [-0.4, -0.2) is 53.9 Å². The van der Waals surface area contributed by atoms with Crippen LogP contribution >= 0.6 is 0 Å². The number of aromatic hydroxyl groups is 1. The third-order valence-electron chi connectivity index (χ3n) is 5.81. The van der Waals surface area contributed by atoms with E-state index in [0.29, 0.717) is 18.8 Å². The maximum Gasteiger partial charge on any atom is 0.328 e. The molecule has 2 heterocycles. The molecule has 3 rings (SSSR count). The van der Waals surface area contributed by atoms with E-state index >= 15 is 0 Å². The summed E-state index contributed by atoms with van der Waals surface area (Å²) in [7, 11) is 1.38. The molecule has 8 heteroatoms. The van der Waals surface area contributed by atoms with Gasteiger partial charge in [0.15, 0.2) is 17.2 Å². The summed E-state index contributed by atoms with van der Waals surface area (Å²) < 4.78 is 16.5. The fraction of sp³-hybridized carbons (Fsp3) is 0.519. The monoisotopic (exact) mass is 486 g/mol. The maximum atomic E-state index is 12.5. The molecule has 1 saturated heterocycles. The minimum Gasteiger partial charge on any atom is -0.503 e. The number of carbonyl (C=O) groups is 2. The highest BCUT2D eigenvalue weighted by Crippen LogP contribution is 2.30. The van der Waals surface area contributed by atoms with Crippen LogP contribution in [0.15, 0.2) is 49.2 Å². The van der Waals surface area contributed by atoms with E-state index in [1.807, 2.05) is 19.9 Å². The molecule has 1 amide bonds. The number of pyridine rings is 1. The largest absolute Gasteiger partial charge is 0.503 e. The molecule has 2 N–H and O–H groups in total. The number of carbonyl (C=O) groups excluding carboxylic acids is 2. The van der Waals surface area contributed by atoms with Crippen LogP contribution in [0.5, 0.6) is 11.5 Å². The van der Waals surface area contributed by atoms with Crippen LogP contribution in [0.3, 0.4) is 0 Å². The molecule has 0 aromatic carbocycles. The van der Waals surface area contributed by atoms with E-state index in [9.17, 15) is 14.7 Å². The molecule has 1 aliphatic carbocycles. The van der Waals surface area contributed by atoms with E-state index in [0.717, 1.165) is 25.0 Å². The number of hydrogen-bond donors (Lipinski definition) is 2. The molecule has 8 nitrogen and oxygen atoms in total. The maximum absolute atomic E-state index is 12.5. The minimum atomic E-state index is -0.801. The van der Waals surface area contributed by atoms with Gasteiger partial charge in [-0.1, -0.05) is 37.0 Å². The number of allylic oxidation sites excluding steroid dienone is 4. The zero-order valence-corrected chi connectivity index (χ0v) is 21.0. The number of amides is 1. The van der Waals surface area contributed by atoms with Crippen LogP contribution in [0, 0.1) is 5.92 Å². The van der Waals surface area contributed by atoms with Gasteiger partial charge >= 0.3 is 5.97 Å². The van der Waals surface area contributed by atoms with Gasteiger partial charge in [0, 0.05) is 25.3 Å². The van der Waals surface area contributed by atoms with Gasteiger partial charge in [-0.15, -0.1) is 0 Å². The van der Waals surface area contributed by atoms with Crippen LogP contribution in [0.4, 0.5) is 0 Å². The standard InChI is InChI=1S/C20H28N2O6.C7H10/c1-12-10-14(27-11-13-6-7-13)4-3-5-15(20(25)28-12)22-19(24)17-18(23)16(26-2)8-9-21-17;1-4-6-7(3)5-2/h8-9,12-15,23H,3-7,10-11H2,1-2H3,(H,22,24);4-6H,1-2H2,3H3/b;7-6-/t12?,14?,15-;/m0./s1. The molecule has 0 bridgehead atoms. The Bertz CT molecular complexity index is 909. The summed E-state index contributed by atoms with van der Waals surface area (Å²) >= 11 is 0. The topological polar surface area (TPSA) is 107 Å². The highest BCUT2D eigenvalue weighted by Gasteiger charge is 2.30. The van der Waals surface area contributed by atoms with Crippen LogP contribution in [0.25, 0.3) is 0 Å². The predicted octanol–water partition coefficient (Wildman–Crippen LogP) is 4.50. The predicted molar refractivity (Wildman–Crippen MR) is 134 cm³/mol. The van der Waals surface area contributed by atoms with Gasteiger partial charge in [0.05, 0.1) is 13.2 Å². The zero-order valence-electron chi connectivity index (χ0n) is 21.0. The number of hydrogen-bond acceptors (Lipinski definition) is 7. The van der Waals surface area contributed by atoms with Crippen molar-refractivity contribution in [3.63, 3.8) is 0 Å². The highest BCUT2D eigenvalue weighted by atomic mass is 16.5. The molecule has 1 aromatic heterocycles. The summed E-state index contributed by atoms with van der Waals surface area (Å²) in [4.78, 5) is 28.9. The molecule has 0 radical (unpaired) electrons. The lowest BCUT2D eigenvalue weighted by Gasteiger charge is -2.21. The SMILES string of the molecule is C=C/C=C(/C)C=C.COc1ccnc(C(=O)N[C@H]2CCCC(OCC3CC3)CC(C)OC2=O)c1O. The van der Waals surface area contributed by atoms with Crippen LogP contribution in [0.1, 0.15) is 62.9 Å². The van der Waals surface area contributed by atoms with E-state index in [1.165, 1.54) is 32.2 Å². The highest BCUT2D eigenvalue weighted by molar-refractivity contribution is 5.97. The number of rotatable bonds is 8. The first-order chi connectivity index (χ1) is 16.8. The quantitative estimate of drug-likeness (QED) is 0.411. The second kappa shape index (κ2) is 14.3. The van der Waals surface area contributed by atoms with Gasteiger partial charge in [-0.3, -0.25) is 4.79 Å². The van der Waals surface area contributed by atoms with E-state index in [1.54, 1.807) is 12.2 Å². The van der Waals surface area contributed by atoms with Gasteiger partial charge in [-0.2, -0.15) is 0 Å². The fourth-order valence-corrected chi connectivity index (χ4v) is 3.57. The van der Waals surface area contributed by atoms with Crippen molar-refractivity contribution in [3.05, 3.63) is 54.9 Å². The Balaban J connectivity index is 0.000000540. The first-order valence-electron chi connectivity index (χ1n) is 12.1. The van der Waals surface area contributed by atoms with Crippen molar-refractivity contribution >= 4 is 11.9 Å². The molecule has 1 aromatic rings. The Kier molecular flexibility index (Phi) is 11.5. The normalized spacial score (nSPS) is 22.8. The summed E-state index contributed by atoms with van der Waals surface area (Å²) in [6.45, 7) is 11.7. The lowest BCUT2D eigenvalue weighted by molar-refractivity contribution is -0.151. The van der Waals surface area contributed by atoms with E-state index in [2.05, 4.69) is 23.5 Å². The van der Waals surface area contributed by atoms with Crippen LogP contribution < -0.4 is 10.1 Å². The minimum absolute atomic E-state index is 0.0574. The summed E-state index contributed by atoms with van der Waals surface area (Å²) in [6.07, 6.45) is 11.7. The third-order valence-corrected chi connectivity index (χ3v) is 5.81. The summed E-state index contributed by atoms with van der Waals surface area (Å²) in [5.74, 6) is -0.666. The Morgan fingerprint density at radius 1 is 1.31 bits per heavy atom. The van der Waals surface area contributed by atoms with E-state index < -0.39 is 17.9 Å². The number of cyclic esters (lactones) is 1. The van der Waals surface area contributed by atoms with Crippen molar-refractivity contribution in [2.45, 2.75) is 70.6 Å². The Morgan fingerprint density at radius 3 is 2.66 bits per heavy atom. The van der Waals surface area contributed by atoms with Crippen molar-refractivity contribution in [2.75, 3.05) is 13.7 Å². The summed E-state index contributed by atoms with van der Waals surface area (Å²) in [6, 6.07) is 0.647. The number of methoxy groups -OCH3 is 1. The molecule has 2 fully saturated rings. The van der Waals surface area contributed by atoms with Crippen molar-refractivity contribution in [1.29, 1.82) is 0 Å². The van der Waals surface area contributed by atoms with Gasteiger partial charge < -0.3 is 24.6 Å². The lowest BCUT2D eigenvalue weighted by atomic mass is 10.0. The molecule has 2 unspecified atom stereocenters. The van der Waals surface area contributed by atoms with E-state index in [-0.39, 0.29) is 29.4 Å². The Morgan fingerprint density at radius 2 is 2.06 bits per heavy atom. The summed E-state index contributed by atoms with van der Waals surface area (Å²) in [5.41, 5.74) is 0.959. The molecule has 3 atom stereocenters. The van der Waals surface area contributed by atoms with Crippen molar-refractivity contribution in [3.8, 4) is 11.5 Å². The Hall–Kier alpha value is -3.13. The van der Waals surface area contributed by atoms with Crippen molar-refractivity contribution in [1.82, 2.24) is 10.3 Å². The first-order valence-corrected chi connectivity index (χ1v) is 12.1.